The minimum atomic E-state index is -0.115. The number of imidazole rings is 2. The minimum absolute atomic E-state index is 0.0211. The van der Waals surface area contributed by atoms with Crippen molar-refractivity contribution < 1.29 is 4.79 Å². The van der Waals surface area contributed by atoms with Crippen molar-refractivity contribution in [2.75, 3.05) is 5.75 Å². The molecule has 0 aliphatic heterocycles. The second-order valence-corrected chi connectivity index (χ2v) is 9.68. The van der Waals surface area contributed by atoms with Crippen molar-refractivity contribution in [2.24, 2.45) is 14.1 Å². The molecule has 0 bridgehead atoms. The van der Waals surface area contributed by atoms with Crippen LogP contribution in [0.4, 0.5) is 0 Å². The minimum Gasteiger partial charge on any atom is -0.312 e. The van der Waals surface area contributed by atoms with Gasteiger partial charge in [-0.3, -0.25) is 13.9 Å². The standard InChI is InChI=1S/C26H23ClN4O2S/c1-16(17-7-5-4-6-8-17)31-21-12-10-19(27)14-20(21)28-25(31)34-15-24(32)18-9-11-22-23(13-18)30(3)26(33)29(22)2/h4-14,16H,15H2,1-3H3/t16-/m0/s1. The molecule has 0 aliphatic carbocycles. The molecule has 1 atom stereocenters. The lowest BCUT2D eigenvalue weighted by Gasteiger charge is -2.18. The van der Waals surface area contributed by atoms with E-state index in [4.69, 9.17) is 16.6 Å². The van der Waals surface area contributed by atoms with E-state index in [1.807, 2.05) is 42.5 Å². The van der Waals surface area contributed by atoms with E-state index < -0.39 is 0 Å². The fourth-order valence-electron chi connectivity index (χ4n) is 4.30. The van der Waals surface area contributed by atoms with Gasteiger partial charge < -0.3 is 4.57 Å². The molecule has 6 nitrogen and oxygen atoms in total. The Morgan fingerprint density at radius 2 is 1.68 bits per heavy atom. The van der Waals surface area contributed by atoms with Gasteiger partial charge in [0.2, 0.25) is 0 Å². The van der Waals surface area contributed by atoms with Crippen molar-refractivity contribution in [2.45, 2.75) is 18.1 Å². The summed E-state index contributed by atoms with van der Waals surface area (Å²) in [6, 6.07) is 21.3. The Kier molecular flexibility index (Phi) is 5.83. The highest BCUT2D eigenvalue weighted by Gasteiger charge is 2.20. The van der Waals surface area contributed by atoms with Gasteiger partial charge >= 0.3 is 5.69 Å². The number of hydrogen-bond acceptors (Lipinski definition) is 4. The number of carbonyl (C=O) groups excluding carboxylic acids is 1. The maximum absolute atomic E-state index is 13.1. The fourth-order valence-corrected chi connectivity index (χ4v) is 5.45. The van der Waals surface area contributed by atoms with Gasteiger partial charge in [0, 0.05) is 24.7 Å². The molecule has 0 N–H and O–H groups in total. The van der Waals surface area contributed by atoms with Crippen LogP contribution in [0.25, 0.3) is 22.1 Å². The topological polar surface area (TPSA) is 61.8 Å². The number of halogens is 1. The quantitative estimate of drug-likeness (QED) is 0.234. The second kappa shape index (κ2) is 8.81. The van der Waals surface area contributed by atoms with Crippen LogP contribution in [0.3, 0.4) is 0 Å². The summed E-state index contributed by atoms with van der Waals surface area (Å²) in [5, 5.41) is 1.38. The van der Waals surface area contributed by atoms with Crippen LogP contribution in [0, 0.1) is 0 Å². The van der Waals surface area contributed by atoms with Crippen molar-refractivity contribution in [3.63, 3.8) is 0 Å². The number of Topliss-reactive ketones (excluding diaryl/α,β-unsaturated/α-hetero) is 1. The van der Waals surface area contributed by atoms with Crippen LogP contribution in [0.15, 0.2) is 76.7 Å². The molecular weight excluding hydrogens is 468 g/mol. The van der Waals surface area contributed by atoms with Gasteiger partial charge in [-0.05, 0) is 48.9 Å². The normalized spacial score (nSPS) is 12.5. The Labute approximate surface area is 205 Å². The molecule has 0 amide bonds. The van der Waals surface area contributed by atoms with Crippen molar-refractivity contribution in [1.82, 2.24) is 18.7 Å². The van der Waals surface area contributed by atoms with Crippen LogP contribution in [0.5, 0.6) is 0 Å². The zero-order valence-electron chi connectivity index (χ0n) is 19.0. The highest BCUT2D eigenvalue weighted by molar-refractivity contribution is 7.99. The maximum atomic E-state index is 13.1. The van der Waals surface area contributed by atoms with Crippen LogP contribution in [-0.4, -0.2) is 30.2 Å². The Morgan fingerprint density at radius 3 is 2.44 bits per heavy atom. The van der Waals surface area contributed by atoms with E-state index in [2.05, 4.69) is 23.6 Å². The number of aromatic nitrogens is 4. The highest BCUT2D eigenvalue weighted by Crippen LogP contribution is 2.32. The van der Waals surface area contributed by atoms with Gasteiger partial charge in [-0.15, -0.1) is 0 Å². The van der Waals surface area contributed by atoms with Crippen LogP contribution < -0.4 is 5.69 Å². The summed E-state index contributed by atoms with van der Waals surface area (Å²) in [6.45, 7) is 2.13. The van der Waals surface area contributed by atoms with E-state index in [1.165, 1.54) is 11.8 Å². The average molecular weight is 491 g/mol. The molecule has 0 unspecified atom stereocenters. The number of hydrogen-bond donors (Lipinski definition) is 0. The molecule has 0 radical (unpaired) electrons. The van der Waals surface area contributed by atoms with Gasteiger partial charge in [-0.1, -0.05) is 53.7 Å². The summed E-state index contributed by atoms with van der Waals surface area (Å²) in [6.07, 6.45) is 0. The Morgan fingerprint density at radius 1 is 0.971 bits per heavy atom. The molecule has 172 valence electrons. The predicted octanol–water partition coefficient (Wildman–Crippen LogP) is 5.46. The van der Waals surface area contributed by atoms with Crippen molar-refractivity contribution in [1.29, 1.82) is 0 Å². The van der Waals surface area contributed by atoms with Crippen LogP contribution in [0.1, 0.15) is 28.9 Å². The summed E-state index contributed by atoms with van der Waals surface area (Å²) in [5.74, 6) is 0.206. The first-order valence-electron chi connectivity index (χ1n) is 10.9. The van der Waals surface area contributed by atoms with Crippen molar-refractivity contribution >= 4 is 51.2 Å². The van der Waals surface area contributed by atoms with Crippen molar-refractivity contribution in [3.05, 3.63) is 93.4 Å². The number of thioether (sulfide) groups is 1. The first-order chi connectivity index (χ1) is 16.3. The van der Waals surface area contributed by atoms with Gasteiger partial charge in [0.25, 0.3) is 0 Å². The summed E-state index contributed by atoms with van der Waals surface area (Å²) in [5.41, 5.74) is 4.91. The molecular formula is C26H23ClN4O2S. The van der Waals surface area contributed by atoms with Gasteiger partial charge in [-0.25, -0.2) is 9.78 Å². The summed E-state index contributed by atoms with van der Waals surface area (Å²) in [4.78, 5) is 30.1. The summed E-state index contributed by atoms with van der Waals surface area (Å²) >= 11 is 7.63. The molecule has 0 saturated heterocycles. The van der Waals surface area contributed by atoms with E-state index in [9.17, 15) is 9.59 Å². The Balaban J connectivity index is 1.48. The zero-order chi connectivity index (χ0) is 24.0. The average Bonchev–Trinajstić information content (AvgIpc) is 3.32. The van der Waals surface area contributed by atoms with E-state index >= 15 is 0 Å². The molecule has 0 aliphatic rings. The largest absolute Gasteiger partial charge is 0.328 e. The molecule has 8 heteroatoms. The smallest absolute Gasteiger partial charge is 0.312 e. The first kappa shape index (κ1) is 22.5. The lowest BCUT2D eigenvalue weighted by atomic mass is 10.1. The maximum Gasteiger partial charge on any atom is 0.328 e. The second-order valence-electron chi connectivity index (χ2n) is 8.30. The van der Waals surface area contributed by atoms with E-state index in [0.717, 1.165) is 32.8 Å². The number of fused-ring (bicyclic) bond motifs is 2. The van der Waals surface area contributed by atoms with Gasteiger partial charge in [0.05, 0.1) is 33.9 Å². The van der Waals surface area contributed by atoms with Crippen LogP contribution in [-0.2, 0) is 14.1 Å². The lowest BCUT2D eigenvalue weighted by molar-refractivity contribution is 0.102. The fraction of sp³-hybridized carbons (Fsp3) is 0.192. The molecule has 0 spiro atoms. The van der Waals surface area contributed by atoms with Gasteiger partial charge in [0.1, 0.15) is 0 Å². The number of nitrogens with zero attached hydrogens (tertiary/aromatic N) is 4. The van der Waals surface area contributed by atoms with Gasteiger partial charge in [0.15, 0.2) is 10.9 Å². The van der Waals surface area contributed by atoms with Crippen LogP contribution in [0.2, 0.25) is 5.02 Å². The molecule has 3 aromatic carbocycles. The monoisotopic (exact) mass is 490 g/mol. The van der Waals surface area contributed by atoms with E-state index in [0.29, 0.717) is 10.6 Å². The molecule has 5 aromatic rings. The Hall–Kier alpha value is -3.29. The third-order valence-electron chi connectivity index (χ3n) is 6.21. The molecule has 34 heavy (non-hydrogen) atoms. The number of benzene rings is 3. The number of aryl methyl sites for hydroxylation is 2. The third-order valence-corrected chi connectivity index (χ3v) is 7.40. The molecule has 2 aromatic heterocycles. The first-order valence-corrected chi connectivity index (χ1v) is 12.3. The Bertz CT molecular complexity index is 1600. The molecule has 0 fully saturated rings. The third kappa shape index (κ3) is 3.85. The SMILES string of the molecule is C[C@@H](c1ccccc1)n1c(SCC(=O)c2ccc3c(c2)n(C)c(=O)n3C)nc2cc(Cl)ccc21. The number of rotatable bonds is 6. The zero-order valence-corrected chi connectivity index (χ0v) is 20.6. The van der Waals surface area contributed by atoms with Crippen molar-refractivity contribution in [3.8, 4) is 0 Å². The van der Waals surface area contributed by atoms with E-state index in [1.54, 1.807) is 35.4 Å². The highest BCUT2D eigenvalue weighted by atomic mass is 35.5. The lowest BCUT2D eigenvalue weighted by Crippen LogP contribution is -2.19. The number of carbonyl (C=O) groups is 1. The van der Waals surface area contributed by atoms with E-state index in [-0.39, 0.29) is 23.3 Å². The molecule has 5 rings (SSSR count). The molecule has 0 saturated carbocycles. The molecule has 2 heterocycles. The summed E-state index contributed by atoms with van der Waals surface area (Å²) in [7, 11) is 3.44. The summed E-state index contributed by atoms with van der Waals surface area (Å²) < 4.78 is 5.30. The number of ketones is 1. The van der Waals surface area contributed by atoms with Gasteiger partial charge in [-0.2, -0.15) is 0 Å². The van der Waals surface area contributed by atoms with Crippen LogP contribution >= 0.6 is 23.4 Å². The predicted molar refractivity (Wildman–Crippen MR) is 138 cm³/mol.